The maximum atomic E-state index is 12.3. The van der Waals surface area contributed by atoms with Gasteiger partial charge in [0.2, 0.25) is 0 Å². The molecule has 0 bridgehead atoms. The molecule has 9 heteroatoms. The Bertz CT molecular complexity index is 807. The van der Waals surface area contributed by atoms with Crippen LogP contribution in [0.5, 0.6) is 11.5 Å². The Morgan fingerprint density at radius 3 is 2.61 bits per heavy atom. The highest BCUT2D eigenvalue weighted by Crippen LogP contribution is 2.27. The van der Waals surface area contributed by atoms with Gasteiger partial charge in [0.15, 0.2) is 11.5 Å². The molecule has 1 amide bonds. The number of ether oxygens (including phenoxy) is 1. The van der Waals surface area contributed by atoms with Crippen molar-refractivity contribution in [1.82, 2.24) is 15.3 Å². The maximum absolute atomic E-state index is 12.3. The number of benzene rings is 1. The summed E-state index contributed by atoms with van der Waals surface area (Å²) in [6, 6.07) is 9.94. The highest BCUT2D eigenvalue weighted by Gasteiger charge is 2.10. The van der Waals surface area contributed by atoms with Gasteiger partial charge in [0, 0.05) is 25.2 Å². The molecule has 2 rings (SSSR count). The molecule has 1 heterocycles. The zero-order valence-corrected chi connectivity index (χ0v) is 15.6. The summed E-state index contributed by atoms with van der Waals surface area (Å²) in [6.07, 6.45) is 1.31. The van der Waals surface area contributed by atoms with Crippen LogP contribution in [0.15, 0.2) is 41.5 Å². The second kappa shape index (κ2) is 11.0. The second-order valence-corrected chi connectivity index (χ2v) is 5.83. The van der Waals surface area contributed by atoms with Gasteiger partial charge in [-0.05, 0) is 24.3 Å². The molecule has 0 saturated heterocycles. The quantitative estimate of drug-likeness (QED) is 0.341. The van der Waals surface area contributed by atoms with E-state index in [0.29, 0.717) is 36.6 Å². The van der Waals surface area contributed by atoms with Gasteiger partial charge in [-0.3, -0.25) is 9.69 Å². The summed E-state index contributed by atoms with van der Waals surface area (Å²) >= 11 is 0. The van der Waals surface area contributed by atoms with Crippen LogP contribution in [0.1, 0.15) is 21.7 Å². The first-order valence-corrected chi connectivity index (χ1v) is 8.68. The first-order chi connectivity index (χ1) is 13.6. The number of phenolic OH excluding ortho intramolecular Hbond substituents is 1. The Morgan fingerprint density at radius 1 is 1.21 bits per heavy atom. The van der Waals surface area contributed by atoms with E-state index in [1.54, 1.807) is 36.4 Å². The topological polar surface area (TPSA) is 128 Å². The minimum absolute atomic E-state index is 0.0357. The number of carbonyl (C=O) groups excluding carboxylic acids is 1. The Labute approximate surface area is 162 Å². The lowest BCUT2D eigenvalue weighted by Gasteiger charge is -2.19. The second-order valence-electron chi connectivity index (χ2n) is 5.83. The first-order valence-electron chi connectivity index (χ1n) is 8.68. The van der Waals surface area contributed by atoms with Gasteiger partial charge in [-0.25, -0.2) is 10.4 Å². The molecule has 0 fully saturated rings. The van der Waals surface area contributed by atoms with Crippen molar-refractivity contribution in [3.63, 3.8) is 0 Å². The number of hydrazone groups is 1. The third kappa shape index (κ3) is 6.02. The number of aliphatic hydroxyl groups excluding tert-OH is 2. The molecule has 2 aromatic rings. The van der Waals surface area contributed by atoms with Gasteiger partial charge in [-0.2, -0.15) is 5.10 Å². The molecular weight excluding hydrogens is 364 g/mol. The van der Waals surface area contributed by atoms with E-state index in [-0.39, 0.29) is 24.7 Å². The van der Waals surface area contributed by atoms with E-state index in [9.17, 15) is 9.90 Å². The van der Waals surface area contributed by atoms with E-state index >= 15 is 0 Å². The molecule has 0 spiro atoms. The highest BCUT2D eigenvalue weighted by atomic mass is 16.5. The van der Waals surface area contributed by atoms with Crippen molar-refractivity contribution in [1.29, 1.82) is 0 Å². The van der Waals surface area contributed by atoms with Crippen LogP contribution in [-0.2, 0) is 6.54 Å². The SMILES string of the molecule is COc1cccc(/C=N/NC(=O)c2cccc(CN(CCO)CCO)n2)c1O. The first kappa shape index (κ1) is 21.3. The Hall–Kier alpha value is -3.01. The van der Waals surface area contributed by atoms with Crippen molar-refractivity contribution < 1.29 is 24.9 Å². The normalized spacial score (nSPS) is 11.1. The average molecular weight is 388 g/mol. The third-order valence-corrected chi connectivity index (χ3v) is 3.88. The van der Waals surface area contributed by atoms with Crippen LogP contribution in [0.3, 0.4) is 0 Å². The number of para-hydroxylation sites is 1. The number of hydrogen-bond donors (Lipinski definition) is 4. The summed E-state index contributed by atoms with van der Waals surface area (Å²) in [4.78, 5) is 18.4. The summed E-state index contributed by atoms with van der Waals surface area (Å²) in [6.45, 7) is 1.11. The fraction of sp³-hybridized carbons (Fsp3) is 0.316. The van der Waals surface area contributed by atoms with E-state index in [4.69, 9.17) is 14.9 Å². The van der Waals surface area contributed by atoms with Crippen LogP contribution >= 0.6 is 0 Å². The standard InChI is InChI=1S/C19H24N4O5/c1-28-17-7-2-4-14(18(17)26)12-20-22-19(27)16-6-3-5-15(21-16)13-23(8-10-24)9-11-25/h2-7,12,24-26H,8-11,13H2,1H3,(H,22,27)/b20-12+. The Morgan fingerprint density at radius 2 is 1.93 bits per heavy atom. The van der Waals surface area contributed by atoms with Crippen molar-refractivity contribution in [3.8, 4) is 11.5 Å². The molecule has 0 unspecified atom stereocenters. The Kier molecular flexibility index (Phi) is 8.35. The van der Waals surface area contributed by atoms with Gasteiger partial charge < -0.3 is 20.1 Å². The number of amides is 1. The molecule has 28 heavy (non-hydrogen) atoms. The van der Waals surface area contributed by atoms with Crippen LogP contribution in [0.2, 0.25) is 0 Å². The molecule has 0 aliphatic rings. The van der Waals surface area contributed by atoms with Gasteiger partial charge in [0.05, 0.1) is 32.2 Å². The molecule has 0 radical (unpaired) electrons. The molecule has 1 aromatic carbocycles. The zero-order valence-electron chi connectivity index (χ0n) is 15.6. The van der Waals surface area contributed by atoms with Gasteiger partial charge in [-0.1, -0.05) is 12.1 Å². The van der Waals surface area contributed by atoms with E-state index < -0.39 is 5.91 Å². The van der Waals surface area contributed by atoms with Crippen LogP contribution in [0.25, 0.3) is 0 Å². The molecule has 4 N–H and O–H groups in total. The highest BCUT2D eigenvalue weighted by molar-refractivity contribution is 5.93. The number of hydrogen-bond acceptors (Lipinski definition) is 8. The van der Waals surface area contributed by atoms with Gasteiger partial charge in [-0.15, -0.1) is 0 Å². The molecule has 0 aliphatic carbocycles. The van der Waals surface area contributed by atoms with Gasteiger partial charge in [0.1, 0.15) is 5.69 Å². The zero-order chi connectivity index (χ0) is 20.4. The fourth-order valence-corrected chi connectivity index (χ4v) is 2.50. The lowest BCUT2D eigenvalue weighted by atomic mass is 10.2. The van der Waals surface area contributed by atoms with Crippen molar-refractivity contribution in [2.75, 3.05) is 33.4 Å². The molecular formula is C19H24N4O5. The summed E-state index contributed by atoms with van der Waals surface area (Å²) in [5.74, 6) is -0.271. The number of phenols is 1. The predicted molar refractivity (Wildman–Crippen MR) is 103 cm³/mol. The Balaban J connectivity index is 2.03. The molecule has 0 aliphatic heterocycles. The summed E-state index contributed by atoms with van der Waals surface area (Å²) in [5, 5.41) is 32.0. The third-order valence-electron chi connectivity index (χ3n) is 3.88. The maximum Gasteiger partial charge on any atom is 0.289 e. The fourth-order valence-electron chi connectivity index (χ4n) is 2.50. The van der Waals surface area contributed by atoms with Crippen molar-refractivity contribution in [3.05, 3.63) is 53.3 Å². The van der Waals surface area contributed by atoms with Crippen LogP contribution in [-0.4, -0.2) is 70.7 Å². The van der Waals surface area contributed by atoms with Crippen molar-refractivity contribution in [2.45, 2.75) is 6.54 Å². The van der Waals surface area contributed by atoms with E-state index in [1.807, 2.05) is 4.90 Å². The van der Waals surface area contributed by atoms with Gasteiger partial charge in [0.25, 0.3) is 5.91 Å². The lowest BCUT2D eigenvalue weighted by Crippen LogP contribution is -2.30. The van der Waals surface area contributed by atoms with Gasteiger partial charge >= 0.3 is 0 Å². The number of carbonyl (C=O) groups is 1. The lowest BCUT2D eigenvalue weighted by molar-refractivity contribution is 0.0949. The largest absolute Gasteiger partial charge is 0.504 e. The average Bonchev–Trinajstić information content (AvgIpc) is 2.70. The summed E-state index contributed by atoms with van der Waals surface area (Å²) < 4.78 is 5.02. The van der Waals surface area contributed by atoms with E-state index in [0.717, 1.165) is 0 Å². The number of aromatic hydroxyl groups is 1. The molecule has 1 aromatic heterocycles. The van der Waals surface area contributed by atoms with Crippen LogP contribution in [0.4, 0.5) is 0 Å². The number of pyridine rings is 1. The number of nitrogens with zero attached hydrogens (tertiary/aromatic N) is 3. The number of aromatic nitrogens is 1. The minimum Gasteiger partial charge on any atom is -0.504 e. The molecule has 0 saturated carbocycles. The number of aliphatic hydroxyl groups is 2. The molecule has 150 valence electrons. The predicted octanol–water partition coefficient (Wildman–Crippen LogP) is 0.346. The number of rotatable bonds is 10. The van der Waals surface area contributed by atoms with Crippen molar-refractivity contribution in [2.24, 2.45) is 5.10 Å². The van der Waals surface area contributed by atoms with E-state index in [2.05, 4.69) is 15.5 Å². The van der Waals surface area contributed by atoms with Crippen LogP contribution in [0, 0.1) is 0 Å². The molecule has 0 atom stereocenters. The van der Waals surface area contributed by atoms with Crippen LogP contribution < -0.4 is 10.2 Å². The summed E-state index contributed by atoms with van der Waals surface area (Å²) in [7, 11) is 1.44. The minimum atomic E-state index is -0.503. The smallest absolute Gasteiger partial charge is 0.289 e. The number of methoxy groups -OCH3 is 1. The number of nitrogens with one attached hydrogen (secondary N) is 1. The monoisotopic (exact) mass is 388 g/mol. The van der Waals surface area contributed by atoms with E-state index in [1.165, 1.54) is 13.3 Å². The van der Waals surface area contributed by atoms with Crippen molar-refractivity contribution >= 4 is 12.1 Å². The summed E-state index contributed by atoms with van der Waals surface area (Å²) in [5.41, 5.74) is 3.57. The molecule has 9 nitrogen and oxygen atoms in total.